The molecule has 6 heteroatoms. The maximum Gasteiger partial charge on any atom is 0.420 e. The molecule has 0 saturated carbocycles. The third-order valence-corrected chi connectivity index (χ3v) is 2.80. The van der Waals surface area contributed by atoms with Gasteiger partial charge < -0.3 is 14.8 Å². The quantitative estimate of drug-likeness (QED) is 0.394. The molecule has 76 valence electrons. The van der Waals surface area contributed by atoms with E-state index in [-0.39, 0.29) is 6.04 Å². The molecule has 1 N–H and O–H groups in total. The molecule has 4 rings (SSSR count). The van der Waals surface area contributed by atoms with Gasteiger partial charge in [-0.05, 0) is 6.42 Å². The Bertz CT molecular complexity index is 307. The smallest absolute Gasteiger partial charge is 0.420 e. The van der Waals surface area contributed by atoms with E-state index < -0.39 is 24.0 Å². The van der Waals surface area contributed by atoms with E-state index in [4.69, 9.17) is 14.2 Å². The maximum atomic E-state index is 11.1. The summed E-state index contributed by atoms with van der Waals surface area (Å²) in [4.78, 5) is 22.2. The normalized spacial score (nSPS) is 45.4. The predicted molar refractivity (Wildman–Crippen MR) is 40.8 cm³/mol. The van der Waals surface area contributed by atoms with E-state index in [9.17, 15) is 9.59 Å². The van der Waals surface area contributed by atoms with Gasteiger partial charge in [-0.1, -0.05) is 0 Å². The number of nitrogens with one attached hydrogen (secondary N) is 1. The van der Waals surface area contributed by atoms with Crippen LogP contribution in [0, 0.1) is 0 Å². The van der Waals surface area contributed by atoms with Crippen molar-refractivity contribution in [2.24, 2.45) is 0 Å². The molecule has 3 unspecified atom stereocenters. The molecule has 6 nitrogen and oxygen atoms in total. The van der Waals surface area contributed by atoms with Crippen LogP contribution in [0.2, 0.25) is 0 Å². The number of ether oxygens (including phenoxy) is 3. The molecule has 0 aromatic rings. The van der Waals surface area contributed by atoms with Gasteiger partial charge in [-0.15, -0.1) is 0 Å². The Morgan fingerprint density at radius 2 is 2.21 bits per heavy atom. The van der Waals surface area contributed by atoms with Crippen LogP contribution in [0.5, 0.6) is 0 Å². The highest BCUT2D eigenvalue weighted by atomic mass is 16.8. The Morgan fingerprint density at radius 3 is 2.93 bits per heavy atom. The Labute approximate surface area is 79.5 Å². The minimum atomic E-state index is -0.983. The van der Waals surface area contributed by atoms with Gasteiger partial charge >= 0.3 is 11.9 Å². The molecule has 0 radical (unpaired) electrons. The monoisotopic (exact) mass is 199 g/mol. The molecular weight excluding hydrogens is 190 g/mol. The van der Waals surface area contributed by atoms with E-state index in [1.165, 1.54) is 0 Å². The van der Waals surface area contributed by atoms with Crippen molar-refractivity contribution >= 4 is 11.9 Å². The lowest BCUT2D eigenvalue weighted by Gasteiger charge is -2.46. The zero-order valence-electron chi connectivity index (χ0n) is 7.32. The summed E-state index contributed by atoms with van der Waals surface area (Å²) in [6.45, 7) is 0.427. The second-order valence-electron chi connectivity index (χ2n) is 3.72. The molecule has 0 aliphatic carbocycles. The van der Waals surface area contributed by atoms with Gasteiger partial charge in [0.2, 0.25) is 12.1 Å². The van der Waals surface area contributed by atoms with Gasteiger partial charge in [0.15, 0.2) is 0 Å². The summed E-state index contributed by atoms with van der Waals surface area (Å²) in [5, 5.41) is 3.11. The SMILES string of the molecule is O=C1OC2OC3(CCC2NC3)OC1=O. The Balaban J connectivity index is 1.99. The molecule has 4 fully saturated rings. The first-order valence-corrected chi connectivity index (χ1v) is 4.54. The van der Waals surface area contributed by atoms with E-state index >= 15 is 0 Å². The lowest BCUT2D eigenvalue weighted by Crippen LogP contribution is -2.64. The van der Waals surface area contributed by atoms with Crippen LogP contribution in [0.4, 0.5) is 0 Å². The molecule has 4 heterocycles. The van der Waals surface area contributed by atoms with Crippen LogP contribution in [0.25, 0.3) is 0 Å². The van der Waals surface area contributed by atoms with Gasteiger partial charge in [0.05, 0.1) is 12.6 Å². The predicted octanol–water partition coefficient (Wildman–Crippen LogP) is -1.11. The number of carbonyl (C=O) groups is 2. The summed E-state index contributed by atoms with van der Waals surface area (Å²) in [5.41, 5.74) is 0. The summed E-state index contributed by atoms with van der Waals surface area (Å²) < 4.78 is 15.2. The number of fused-ring (bicyclic) bond motifs is 2. The molecular formula is C8H9NO5. The second kappa shape index (κ2) is 2.46. The standard InChI is InChI=1S/C8H9NO5/c10-5-6(11)13-8-2-1-4(9-3-8)7(12-5)14-8/h4,7,9H,1-3H2. The number of hydrogen-bond acceptors (Lipinski definition) is 6. The van der Waals surface area contributed by atoms with Crippen LogP contribution in [0.1, 0.15) is 12.8 Å². The Morgan fingerprint density at radius 1 is 1.36 bits per heavy atom. The zero-order valence-corrected chi connectivity index (χ0v) is 7.32. The molecule has 0 amide bonds. The summed E-state index contributed by atoms with van der Waals surface area (Å²) >= 11 is 0. The van der Waals surface area contributed by atoms with E-state index in [2.05, 4.69) is 5.32 Å². The number of rotatable bonds is 0. The number of morpholine rings is 1. The summed E-state index contributed by atoms with van der Waals surface area (Å²) in [6.07, 6.45) is 0.714. The summed E-state index contributed by atoms with van der Waals surface area (Å²) in [6, 6.07) is -0.0182. The van der Waals surface area contributed by atoms with E-state index in [1.807, 2.05) is 0 Å². The minimum Gasteiger partial charge on any atom is -0.425 e. The minimum absolute atomic E-state index is 0.0182. The average molecular weight is 199 g/mol. The molecule has 4 saturated heterocycles. The van der Waals surface area contributed by atoms with Crippen LogP contribution >= 0.6 is 0 Å². The summed E-state index contributed by atoms with van der Waals surface area (Å²) in [7, 11) is 0. The van der Waals surface area contributed by atoms with Crippen molar-refractivity contribution in [2.45, 2.75) is 31.0 Å². The second-order valence-corrected chi connectivity index (χ2v) is 3.72. The lowest BCUT2D eigenvalue weighted by atomic mass is 9.95. The van der Waals surface area contributed by atoms with Crippen molar-refractivity contribution < 1.29 is 23.8 Å². The van der Waals surface area contributed by atoms with E-state index in [0.29, 0.717) is 13.0 Å². The van der Waals surface area contributed by atoms with Crippen molar-refractivity contribution in [3.8, 4) is 0 Å². The highest BCUT2D eigenvalue weighted by molar-refractivity contribution is 6.29. The van der Waals surface area contributed by atoms with Gasteiger partial charge in [0.25, 0.3) is 0 Å². The number of piperidine rings is 1. The van der Waals surface area contributed by atoms with Crippen molar-refractivity contribution in [3.05, 3.63) is 0 Å². The zero-order chi connectivity index (χ0) is 9.76. The van der Waals surface area contributed by atoms with Gasteiger partial charge in [-0.25, -0.2) is 9.59 Å². The maximum absolute atomic E-state index is 11.1. The Hall–Kier alpha value is -1.14. The van der Waals surface area contributed by atoms with Crippen molar-refractivity contribution in [1.29, 1.82) is 0 Å². The lowest BCUT2D eigenvalue weighted by molar-refractivity contribution is -0.319. The van der Waals surface area contributed by atoms with E-state index in [0.717, 1.165) is 6.42 Å². The average Bonchev–Trinajstić information content (AvgIpc) is 2.23. The van der Waals surface area contributed by atoms with Gasteiger partial charge in [-0.2, -0.15) is 0 Å². The summed E-state index contributed by atoms with van der Waals surface area (Å²) in [5.74, 6) is -2.91. The first-order valence-electron chi connectivity index (χ1n) is 4.54. The molecule has 1 spiro atoms. The van der Waals surface area contributed by atoms with Crippen molar-refractivity contribution in [3.63, 3.8) is 0 Å². The fourth-order valence-electron chi connectivity index (χ4n) is 2.06. The molecule has 4 aliphatic heterocycles. The first-order chi connectivity index (χ1) is 6.69. The van der Waals surface area contributed by atoms with Gasteiger partial charge in [-0.3, -0.25) is 4.74 Å². The van der Waals surface area contributed by atoms with Crippen molar-refractivity contribution in [1.82, 2.24) is 5.32 Å². The third-order valence-electron chi connectivity index (χ3n) is 2.80. The third kappa shape index (κ3) is 0.978. The topological polar surface area (TPSA) is 73.9 Å². The van der Waals surface area contributed by atoms with Crippen LogP contribution in [-0.2, 0) is 23.8 Å². The number of hydrogen-bond donors (Lipinski definition) is 1. The van der Waals surface area contributed by atoms with E-state index in [1.54, 1.807) is 0 Å². The Kier molecular flexibility index (Phi) is 1.44. The van der Waals surface area contributed by atoms with Crippen molar-refractivity contribution in [2.75, 3.05) is 6.54 Å². The number of esters is 2. The van der Waals surface area contributed by atoms with Crippen LogP contribution in [0.3, 0.4) is 0 Å². The fraction of sp³-hybridized carbons (Fsp3) is 0.750. The molecule has 3 bridgehead atoms. The molecule has 14 heavy (non-hydrogen) atoms. The first kappa shape index (κ1) is 8.19. The molecule has 3 atom stereocenters. The van der Waals surface area contributed by atoms with Gasteiger partial charge in [0, 0.05) is 6.42 Å². The number of carbonyl (C=O) groups excluding carboxylic acids is 2. The van der Waals surface area contributed by atoms with Crippen LogP contribution in [-0.4, -0.2) is 36.6 Å². The van der Waals surface area contributed by atoms with Gasteiger partial charge in [0.1, 0.15) is 0 Å². The molecule has 4 aliphatic rings. The fourth-order valence-corrected chi connectivity index (χ4v) is 2.06. The molecule has 0 aromatic heterocycles. The highest BCUT2D eigenvalue weighted by Gasteiger charge is 2.54. The molecule has 0 aromatic carbocycles. The van der Waals surface area contributed by atoms with Crippen LogP contribution in [0.15, 0.2) is 0 Å². The highest BCUT2D eigenvalue weighted by Crippen LogP contribution is 2.36. The van der Waals surface area contributed by atoms with Crippen LogP contribution < -0.4 is 5.32 Å². The largest absolute Gasteiger partial charge is 0.425 e.